The summed E-state index contributed by atoms with van der Waals surface area (Å²) in [7, 11) is 0. The van der Waals surface area contributed by atoms with Crippen molar-refractivity contribution in [2.75, 3.05) is 28.6 Å². The van der Waals surface area contributed by atoms with Gasteiger partial charge in [0.15, 0.2) is 0 Å². The largest absolute Gasteiger partial charge is 0.372 e. The van der Waals surface area contributed by atoms with E-state index in [0.717, 1.165) is 18.8 Å². The minimum absolute atomic E-state index is 0.267. The molecule has 5 nitrogen and oxygen atoms in total. The highest BCUT2D eigenvalue weighted by atomic mass is 16.2. The second kappa shape index (κ2) is 6.26. The van der Waals surface area contributed by atoms with Crippen LogP contribution in [0.25, 0.3) is 0 Å². The van der Waals surface area contributed by atoms with Crippen LogP contribution in [0.15, 0.2) is 48.8 Å². The molecule has 0 radical (unpaired) electrons. The molecule has 2 amide bonds. The van der Waals surface area contributed by atoms with Crippen LogP contribution in [0.1, 0.15) is 12.8 Å². The summed E-state index contributed by atoms with van der Waals surface area (Å²) in [6, 6.07) is 11.3. The van der Waals surface area contributed by atoms with Crippen LogP contribution in [0.2, 0.25) is 0 Å². The number of nitrogens with zero attached hydrogens (tertiary/aromatic N) is 2. The zero-order valence-corrected chi connectivity index (χ0v) is 11.7. The molecule has 0 saturated carbocycles. The maximum absolute atomic E-state index is 11.9. The lowest BCUT2D eigenvalue weighted by Crippen LogP contribution is -2.20. The predicted octanol–water partition coefficient (Wildman–Crippen LogP) is 3.33. The summed E-state index contributed by atoms with van der Waals surface area (Å²) in [4.78, 5) is 18.2. The summed E-state index contributed by atoms with van der Waals surface area (Å²) in [6.07, 6.45) is 5.79. The zero-order valence-electron chi connectivity index (χ0n) is 11.7. The third kappa shape index (κ3) is 3.51. The Morgan fingerprint density at radius 3 is 2.38 bits per heavy atom. The number of carbonyl (C=O) groups is 1. The van der Waals surface area contributed by atoms with Gasteiger partial charge in [0.05, 0.1) is 11.9 Å². The average molecular weight is 282 g/mol. The minimum Gasteiger partial charge on any atom is -0.372 e. The Morgan fingerprint density at radius 1 is 1.00 bits per heavy atom. The van der Waals surface area contributed by atoms with Gasteiger partial charge in [0, 0.05) is 30.7 Å². The Hall–Kier alpha value is -2.56. The van der Waals surface area contributed by atoms with Gasteiger partial charge in [-0.2, -0.15) is 0 Å². The zero-order chi connectivity index (χ0) is 14.5. The number of amides is 2. The van der Waals surface area contributed by atoms with Crippen LogP contribution in [0.4, 0.5) is 21.9 Å². The maximum atomic E-state index is 11.9. The van der Waals surface area contributed by atoms with Gasteiger partial charge in [-0.05, 0) is 49.2 Å². The van der Waals surface area contributed by atoms with E-state index in [1.54, 1.807) is 24.5 Å². The van der Waals surface area contributed by atoms with E-state index < -0.39 is 0 Å². The third-order valence-corrected chi connectivity index (χ3v) is 3.52. The summed E-state index contributed by atoms with van der Waals surface area (Å²) in [5.74, 6) is 0. The highest BCUT2D eigenvalue weighted by molar-refractivity contribution is 5.99. The molecule has 0 bridgehead atoms. The molecule has 1 aliphatic heterocycles. The molecule has 5 heteroatoms. The van der Waals surface area contributed by atoms with Gasteiger partial charge in [0.2, 0.25) is 0 Å². The average Bonchev–Trinajstić information content (AvgIpc) is 3.03. The molecule has 0 atom stereocenters. The van der Waals surface area contributed by atoms with Gasteiger partial charge in [-0.1, -0.05) is 0 Å². The van der Waals surface area contributed by atoms with E-state index in [9.17, 15) is 4.79 Å². The van der Waals surface area contributed by atoms with Gasteiger partial charge in [0.1, 0.15) is 0 Å². The summed E-state index contributed by atoms with van der Waals surface area (Å²) in [6.45, 7) is 2.24. The first-order valence-electron chi connectivity index (χ1n) is 7.14. The second-order valence-electron chi connectivity index (χ2n) is 5.06. The Kier molecular flexibility index (Phi) is 4.00. The number of hydrogen-bond acceptors (Lipinski definition) is 3. The lowest BCUT2D eigenvalue weighted by Gasteiger charge is -2.17. The number of carbonyl (C=O) groups excluding carboxylic acids is 1. The molecular formula is C16H18N4O. The second-order valence-corrected chi connectivity index (χ2v) is 5.06. The lowest BCUT2D eigenvalue weighted by molar-refractivity contribution is 0.262. The Balaban J connectivity index is 1.58. The number of anilines is 3. The molecular weight excluding hydrogens is 264 g/mol. The molecule has 1 aromatic heterocycles. The van der Waals surface area contributed by atoms with Crippen LogP contribution >= 0.6 is 0 Å². The number of benzene rings is 1. The third-order valence-electron chi connectivity index (χ3n) is 3.52. The van der Waals surface area contributed by atoms with Crippen molar-refractivity contribution in [3.63, 3.8) is 0 Å². The van der Waals surface area contributed by atoms with Gasteiger partial charge in [-0.25, -0.2) is 4.79 Å². The summed E-state index contributed by atoms with van der Waals surface area (Å²) >= 11 is 0. The summed E-state index contributed by atoms with van der Waals surface area (Å²) in [5, 5.41) is 5.55. The number of pyridine rings is 1. The van der Waals surface area contributed by atoms with Crippen LogP contribution in [0.3, 0.4) is 0 Å². The fourth-order valence-electron chi connectivity index (χ4n) is 2.46. The highest BCUT2D eigenvalue weighted by Gasteiger charge is 2.12. The number of hydrogen-bond donors (Lipinski definition) is 2. The van der Waals surface area contributed by atoms with Gasteiger partial charge in [0.25, 0.3) is 0 Å². The van der Waals surface area contributed by atoms with Crippen molar-refractivity contribution in [1.29, 1.82) is 0 Å². The van der Waals surface area contributed by atoms with E-state index in [4.69, 9.17) is 0 Å². The fraction of sp³-hybridized carbons (Fsp3) is 0.250. The maximum Gasteiger partial charge on any atom is 0.323 e. The highest BCUT2D eigenvalue weighted by Crippen LogP contribution is 2.22. The van der Waals surface area contributed by atoms with Crippen molar-refractivity contribution in [3.05, 3.63) is 48.8 Å². The van der Waals surface area contributed by atoms with E-state index in [1.807, 2.05) is 24.3 Å². The van der Waals surface area contributed by atoms with E-state index in [0.29, 0.717) is 5.69 Å². The standard InChI is InChI=1S/C16H18N4O/c21-16(19-14-4-3-9-17-12-14)18-13-5-7-15(8-6-13)20-10-1-2-11-20/h3-9,12H,1-2,10-11H2,(H2,18,19,21). The molecule has 0 aliphatic carbocycles. The van der Waals surface area contributed by atoms with Crippen LogP contribution in [0, 0.1) is 0 Å². The van der Waals surface area contributed by atoms with E-state index in [2.05, 4.69) is 20.5 Å². The minimum atomic E-state index is -0.267. The van der Waals surface area contributed by atoms with Crippen LogP contribution in [-0.2, 0) is 0 Å². The first-order valence-corrected chi connectivity index (χ1v) is 7.14. The number of rotatable bonds is 3. The molecule has 108 valence electrons. The monoisotopic (exact) mass is 282 g/mol. The number of aromatic nitrogens is 1. The molecule has 1 saturated heterocycles. The van der Waals surface area contributed by atoms with Gasteiger partial charge in [-0.15, -0.1) is 0 Å². The molecule has 0 unspecified atom stereocenters. The normalized spacial score (nSPS) is 14.0. The lowest BCUT2D eigenvalue weighted by atomic mass is 10.2. The molecule has 21 heavy (non-hydrogen) atoms. The van der Waals surface area contributed by atoms with Crippen molar-refractivity contribution < 1.29 is 4.79 Å². The Morgan fingerprint density at radius 2 is 1.71 bits per heavy atom. The van der Waals surface area contributed by atoms with Gasteiger partial charge < -0.3 is 15.5 Å². The van der Waals surface area contributed by atoms with Crippen molar-refractivity contribution >= 4 is 23.1 Å². The molecule has 2 heterocycles. The van der Waals surface area contributed by atoms with Crippen LogP contribution in [0.5, 0.6) is 0 Å². The Bertz CT molecular complexity index is 591. The fourth-order valence-corrected chi connectivity index (χ4v) is 2.46. The van der Waals surface area contributed by atoms with Crippen molar-refractivity contribution in [1.82, 2.24) is 4.98 Å². The Labute approximate surface area is 124 Å². The topological polar surface area (TPSA) is 57.3 Å². The summed E-state index contributed by atoms with van der Waals surface area (Å²) in [5.41, 5.74) is 2.66. The van der Waals surface area contributed by atoms with Gasteiger partial charge in [-0.3, -0.25) is 4.98 Å². The molecule has 1 aliphatic rings. The molecule has 2 N–H and O–H groups in total. The van der Waals surface area contributed by atoms with E-state index in [-0.39, 0.29) is 6.03 Å². The first kappa shape index (κ1) is 13.4. The van der Waals surface area contributed by atoms with Crippen molar-refractivity contribution in [3.8, 4) is 0 Å². The first-order chi connectivity index (χ1) is 10.3. The van der Waals surface area contributed by atoms with E-state index in [1.165, 1.54) is 18.5 Å². The van der Waals surface area contributed by atoms with Crippen LogP contribution in [-0.4, -0.2) is 24.1 Å². The van der Waals surface area contributed by atoms with Crippen molar-refractivity contribution in [2.24, 2.45) is 0 Å². The van der Waals surface area contributed by atoms with Crippen molar-refractivity contribution in [2.45, 2.75) is 12.8 Å². The van der Waals surface area contributed by atoms with Crippen LogP contribution < -0.4 is 15.5 Å². The summed E-state index contributed by atoms with van der Waals surface area (Å²) < 4.78 is 0. The molecule has 0 spiro atoms. The smallest absolute Gasteiger partial charge is 0.323 e. The predicted molar refractivity (Wildman–Crippen MR) is 84.8 cm³/mol. The van der Waals surface area contributed by atoms with E-state index >= 15 is 0 Å². The SMILES string of the molecule is O=C(Nc1ccc(N2CCCC2)cc1)Nc1cccnc1. The number of nitrogens with one attached hydrogen (secondary N) is 2. The quantitative estimate of drug-likeness (QED) is 0.908. The molecule has 3 rings (SSSR count). The van der Waals surface area contributed by atoms with Gasteiger partial charge >= 0.3 is 6.03 Å². The molecule has 1 aromatic carbocycles. The molecule has 2 aromatic rings. The number of urea groups is 1. The molecule has 1 fully saturated rings.